The van der Waals surface area contributed by atoms with Gasteiger partial charge in [-0.15, -0.1) is 0 Å². The summed E-state index contributed by atoms with van der Waals surface area (Å²) in [6, 6.07) is 7.52. The molecule has 0 spiro atoms. The molecule has 2 aliphatic rings. The Labute approximate surface area is 103 Å². The fourth-order valence-corrected chi connectivity index (χ4v) is 2.71. The average Bonchev–Trinajstić information content (AvgIpc) is 2.33. The Kier molecular flexibility index (Phi) is 2.93. The lowest BCUT2D eigenvalue weighted by Gasteiger charge is -2.35. The van der Waals surface area contributed by atoms with Crippen LogP contribution in [0.15, 0.2) is 18.2 Å². The zero-order valence-corrected chi connectivity index (χ0v) is 10.3. The quantitative estimate of drug-likeness (QED) is 0.838. The van der Waals surface area contributed by atoms with Crippen molar-refractivity contribution >= 4 is 5.69 Å². The van der Waals surface area contributed by atoms with E-state index in [1.165, 1.54) is 30.5 Å². The van der Waals surface area contributed by atoms with E-state index >= 15 is 0 Å². The minimum atomic E-state index is 0.545. The number of hydrogen-bond acceptors (Lipinski definition) is 3. The predicted octanol–water partition coefficient (Wildman–Crippen LogP) is 2.17. The fourth-order valence-electron chi connectivity index (χ4n) is 2.71. The van der Waals surface area contributed by atoms with Crippen LogP contribution in [0.1, 0.15) is 24.8 Å². The van der Waals surface area contributed by atoms with Gasteiger partial charge in [0.1, 0.15) is 5.75 Å². The van der Waals surface area contributed by atoms with Gasteiger partial charge in [-0.2, -0.15) is 0 Å². The Morgan fingerprint density at radius 1 is 1.29 bits per heavy atom. The van der Waals surface area contributed by atoms with Crippen molar-refractivity contribution in [1.82, 2.24) is 5.32 Å². The first-order valence-electron chi connectivity index (χ1n) is 6.52. The highest BCUT2D eigenvalue weighted by atomic mass is 16.5. The molecule has 17 heavy (non-hydrogen) atoms. The van der Waals surface area contributed by atoms with E-state index < -0.39 is 0 Å². The summed E-state index contributed by atoms with van der Waals surface area (Å²) in [5.41, 5.74) is 2.55. The summed E-state index contributed by atoms with van der Waals surface area (Å²) in [4.78, 5) is 0. The Morgan fingerprint density at radius 3 is 2.88 bits per heavy atom. The summed E-state index contributed by atoms with van der Waals surface area (Å²) in [5, 5.41) is 7.23. The summed E-state index contributed by atoms with van der Waals surface area (Å²) in [6.07, 6.45) is 5.14. The molecule has 1 fully saturated rings. The molecule has 0 bridgehead atoms. The maximum atomic E-state index is 5.44. The molecule has 1 aliphatic heterocycles. The molecule has 3 nitrogen and oxygen atoms in total. The van der Waals surface area contributed by atoms with E-state index in [2.05, 4.69) is 16.7 Å². The normalized spacial score (nSPS) is 23.5. The number of rotatable bonds is 3. The van der Waals surface area contributed by atoms with Gasteiger partial charge >= 0.3 is 0 Å². The van der Waals surface area contributed by atoms with Crippen molar-refractivity contribution in [3.05, 3.63) is 23.8 Å². The smallest absolute Gasteiger partial charge is 0.124 e. The molecule has 1 aromatic rings. The van der Waals surface area contributed by atoms with Crippen molar-refractivity contribution in [3.8, 4) is 5.75 Å². The molecule has 1 aromatic carbocycles. The molecule has 0 aromatic heterocycles. The summed E-state index contributed by atoms with van der Waals surface area (Å²) < 4.78 is 5.44. The molecule has 3 heteroatoms. The van der Waals surface area contributed by atoms with Crippen LogP contribution in [0.3, 0.4) is 0 Å². The summed E-state index contributed by atoms with van der Waals surface area (Å²) in [5.74, 6) is 1.01. The number of benzene rings is 1. The second-order valence-electron chi connectivity index (χ2n) is 5.06. The van der Waals surface area contributed by atoms with Gasteiger partial charge in [-0.3, -0.25) is 0 Å². The second kappa shape index (κ2) is 4.57. The highest BCUT2D eigenvalue weighted by molar-refractivity contribution is 5.59. The zero-order chi connectivity index (χ0) is 11.7. The Bertz CT molecular complexity index is 387. The lowest BCUT2D eigenvalue weighted by molar-refractivity contribution is 0.303. The third kappa shape index (κ3) is 2.12. The van der Waals surface area contributed by atoms with Crippen LogP contribution in [0.5, 0.6) is 5.75 Å². The Balaban J connectivity index is 1.74. The number of anilines is 1. The van der Waals surface area contributed by atoms with Gasteiger partial charge in [-0.25, -0.2) is 0 Å². The number of hydrogen-bond donors (Lipinski definition) is 2. The molecular formula is C14H20N2O. The van der Waals surface area contributed by atoms with Crippen LogP contribution in [0, 0.1) is 0 Å². The van der Waals surface area contributed by atoms with E-state index in [0.29, 0.717) is 6.04 Å². The first-order chi connectivity index (χ1) is 8.36. The summed E-state index contributed by atoms with van der Waals surface area (Å²) >= 11 is 0. The van der Waals surface area contributed by atoms with Gasteiger partial charge in [-0.1, -0.05) is 12.5 Å². The molecule has 1 atom stereocenters. The van der Waals surface area contributed by atoms with Crippen molar-refractivity contribution in [2.75, 3.05) is 19.0 Å². The van der Waals surface area contributed by atoms with Gasteiger partial charge in [0.25, 0.3) is 0 Å². The lowest BCUT2D eigenvalue weighted by Crippen LogP contribution is -2.48. The molecule has 1 aliphatic carbocycles. The van der Waals surface area contributed by atoms with Gasteiger partial charge in [0.15, 0.2) is 0 Å². The molecule has 1 saturated carbocycles. The zero-order valence-electron chi connectivity index (χ0n) is 10.3. The molecule has 92 valence electrons. The predicted molar refractivity (Wildman–Crippen MR) is 69.8 cm³/mol. The molecule has 1 heterocycles. The Hall–Kier alpha value is -1.22. The van der Waals surface area contributed by atoms with Crippen LogP contribution >= 0.6 is 0 Å². The van der Waals surface area contributed by atoms with Crippen molar-refractivity contribution in [2.24, 2.45) is 0 Å². The first kappa shape index (κ1) is 10.9. The molecular weight excluding hydrogens is 212 g/mol. The van der Waals surface area contributed by atoms with Crippen molar-refractivity contribution in [1.29, 1.82) is 0 Å². The molecule has 1 unspecified atom stereocenters. The Morgan fingerprint density at radius 2 is 2.18 bits per heavy atom. The van der Waals surface area contributed by atoms with Crippen LogP contribution in [-0.2, 0) is 6.42 Å². The van der Waals surface area contributed by atoms with E-state index in [-0.39, 0.29) is 0 Å². The highest BCUT2D eigenvalue weighted by Crippen LogP contribution is 2.31. The van der Waals surface area contributed by atoms with Crippen LogP contribution in [0.25, 0.3) is 0 Å². The monoisotopic (exact) mass is 232 g/mol. The molecule has 3 rings (SSSR count). The van der Waals surface area contributed by atoms with Crippen LogP contribution < -0.4 is 15.4 Å². The minimum Gasteiger partial charge on any atom is -0.496 e. The van der Waals surface area contributed by atoms with Gasteiger partial charge in [0.2, 0.25) is 0 Å². The van der Waals surface area contributed by atoms with Crippen molar-refractivity contribution < 1.29 is 4.74 Å². The van der Waals surface area contributed by atoms with Gasteiger partial charge in [0, 0.05) is 29.9 Å². The number of nitrogens with one attached hydrogen (secondary N) is 2. The molecule has 0 radical (unpaired) electrons. The number of ether oxygens (including phenoxy) is 1. The SMILES string of the molecule is COc1cccc2c1CC(NC1CCC1)CN2. The number of fused-ring (bicyclic) bond motifs is 1. The van der Waals surface area contributed by atoms with E-state index in [1.807, 2.05) is 12.1 Å². The molecule has 0 amide bonds. The third-order valence-corrected chi connectivity index (χ3v) is 3.92. The maximum absolute atomic E-state index is 5.44. The highest BCUT2D eigenvalue weighted by Gasteiger charge is 2.25. The topological polar surface area (TPSA) is 33.3 Å². The minimum absolute atomic E-state index is 0.545. The van der Waals surface area contributed by atoms with E-state index in [0.717, 1.165) is 24.8 Å². The molecule has 0 saturated heterocycles. The lowest BCUT2D eigenvalue weighted by atomic mass is 9.90. The van der Waals surface area contributed by atoms with Crippen molar-refractivity contribution in [2.45, 2.75) is 37.8 Å². The van der Waals surface area contributed by atoms with Gasteiger partial charge in [0.05, 0.1) is 7.11 Å². The average molecular weight is 232 g/mol. The van der Waals surface area contributed by atoms with E-state index in [9.17, 15) is 0 Å². The summed E-state index contributed by atoms with van der Waals surface area (Å²) in [7, 11) is 1.75. The molecule has 2 N–H and O–H groups in total. The van der Waals surface area contributed by atoms with Crippen LogP contribution in [0.2, 0.25) is 0 Å². The van der Waals surface area contributed by atoms with Crippen LogP contribution in [0.4, 0.5) is 5.69 Å². The van der Waals surface area contributed by atoms with E-state index in [1.54, 1.807) is 7.11 Å². The third-order valence-electron chi connectivity index (χ3n) is 3.92. The van der Waals surface area contributed by atoms with Gasteiger partial charge < -0.3 is 15.4 Å². The second-order valence-corrected chi connectivity index (χ2v) is 5.06. The van der Waals surface area contributed by atoms with Crippen molar-refractivity contribution in [3.63, 3.8) is 0 Å². The largest absolute Gasteiger partial charge is 0.496 e. The fraction of sp³-hybridized carbons (Fsp3) is 0.571. The standard InChI is InChI=1S/C14H20N2O/c1-17-14-7-3-6-13-12(14)8-11(9-15-13)16-10-4-2-5-10/h3,6-7,10-11,15-16H,2,4-5,8-9H2,1H3. The van der Waals surface area contributed by atoms with Crippen LogP contribution in [-0.4, -0.2) is 25.7 Å². The van der Waals surface area contributed by atoms with Gasteiger partial charge in [-0.05, 0) is 31.4 Å². The summed E-state index contributed by atoms with van der Waals surface area (Å²) in [6.45, 7) is 1.02. The number of methoxy groups -OCH3 is 1. The van der Waals surface area contributed by atoms with E-state index in [4.69, 9.17) is 4.74 Å². The maximum Gasteiger partial charge on any atom is 0.124 e. The first-order valence-corrected chi connectivity index (χ1v) is 6.52.